The predicted octanol–water partition coefficient (Wildman–Crippen LogP) is 4.50. The van der Waals surface area contributed by atoms with Crippen molar-refractivity contribution in [2.75, 3.05) is 25.0 Å². The SMILES string of the molecule is O=C(O)C(F)(F)F.O=C(O)C(F)(F)F.c1cncc(NCC2CCC3C2OCCN3Cc2cccs2)c1. The van der Waals surface area contributed by atoms with Gasteiger partial charge in [0.2, 0.25) is 0 Å². The Bertz CT molecular complexity index is 951. The fourth-order valence-corrected chi connectivity index (χ4v) is 4.60. The molecule has 2 aromatic rings. The highest BCUT2D eigenvalue weighted by Crippen LogP contribution is 2.35. The summed E-state index contributed by atoms with van der Waals surface area (Å²) in [5.74, 6) is -4.92. The molecule has 1 saturated carbocycles. The number of anilines is 1. The van der Waals surface area contributed by atoms with Gasteiger partial charge >= 0.3 is 24.3 Å². The van der Waals surface area contributed by atoms with Gasteiger partial charge in [-0.3, -0.25) is 9.88 Å². The van der Waals surface area contributed by atoms with Gasteiger partial charge in [0, 0.05) is 48.9 Å². The minimum absolute atomic E-state index is 0.368. The first kappa shape index (κ1) is 30.3. The molecule has 4 rings (SSSR count). The van der Waals surface area contributed by atoms with Crippen molar-refractivity contribution in [2.45, 2.75) is 43.9 Å². The molecule has 0 amide bonds. The maximum absolute atomic E-state index is 10.6. The van der Waals surface area contributed by atoms with Crippen molar-refractivity contribution in [2.24, 2.45) is 5.92 Å². The molecular formula is C22H25F6N3O5S. The van der Waals surface area contributed by atoms with Crippen molar-refractivity contribution in [3.05, 3.63) is 46.9 Å². The molecule has 1 aliphatic heterocycles. The molecule has 0 aromatic carbocycles. The van der Waals surface area contributed by atoms with E-state index in [4.69, 9.17) is 24.5 Å². The number of carbonyl (C=O) groups is 2. The van der Waals surface area contributed by atoms with Gasteiger partial charge in [0.15, 0.2) is 0 Å². The van der Waals surface area contributed by atoms with Gasteiger partial charge in [-0.25, -0.2) is 9.59 Å². The Hall–Kier alpha value is -2.91. The summed E-state index contributed by atoms with van der Waals surface area (Å²) in [6.45, 7) is 3.96. The number of alkyl halides is 6. The number of thiophene rings is 1. The molecule has 3 heterocycles. The molecule has 3 unspecified atom stereocenters. The number of ether oxygens (including phenoxy) is 1. The third-order valence-corrected chi connectivity index (χ3v) is 6.35. The highest BCUT2D eigenvalue weighted by atomic mass is 32.1. The van der Waals surface area contributed by atoms with Crippen molar-refractivity contribution in [3.8, 4) is 0 Å². The first-order valence-electron chi connectivity index (χ1n) is 10.9. The fourth-order valence-electron chi connectivity index (χ4n) is 3.87. The van der Waals surface area contributed by atoms with Crippen LogP contribution in [0.25, 0.3) is 0 Å². The van der Waals surface area contributed by atoms with E-state index in [1.165, 1.54) is 17.7 Å². The number of morpholine rings is 1. The molecule has 206 valence electrons. The first-order valence-corrected chi connectivity index (χ1v) is 11.8. The second-order valence-electron chi connectivity index (χ2n) is 8.02. The lowest BCUT2D eigenvalue weighted by atomic mass is 10.0. The van der Waals surface area contributed by atoms with Crippen LogP contribution in [-0.2, 0) is 20.9 Å². The van der Waals surface area contributed by atoms with E-state index < -0.39 is 24.3 Å². The summed E-state index contributed by atoms with van der Waals surface area (Å²) in [5.41, 5.74) is 1.10. The predicted molar refractivity (Wildman–Crippen MR) is 121 cm³/mol. The van der Waals surface area contributed by atoms with Crippen molar-refractivity contribution in [3.63, 3.8) is 0 Å². The lowest BCUT2D eigenvalue weighted by Crippen LogP contribution is -2.50. The van der Waals surface area contributed by atoms with Crippen LogP contribution in [0.2, 0.25) is 0 Å². The fraction of sp³-hybridized carbons (Fsp3) is 0.500. The van der Waals surface area contributed by atoms with Crippen LogP contribution in [0.4, 0.5) is 32.0 Å². The standard InChI is InChI=1S/C18H23N3OS.2C2HF3O2/c1-3-15(12-19-7-1)20-11-14-5-6-17-18(14)22-9-8-21(17)13-16-4-2-10-23-16;2*3-2(4,5)1(6)7/h1-4,7,10,12,14,17-18,20H,5-6,8-9,11,13H2;2*(H,6,7). The Morgan fingerprint density at radius 3 is 2.24 bits per heavy atom. The topological polar surface area (TPSA) is 112 Å². The molecule has 1 saturated heterocycles. The molecule has 37 heavy (non-hydrogen) atoms. The normalized spacial score (nSPS) is 21.5. The molecule has 0 spiro atoms. The molecule has 0 bridgehead atoms. The zero-order chi connectivity index (χ0) is 27.6. The molecule has 2 aromatic heterocycles. The van der Waals surface area contributed by atoms with Crippen LogP contribution in [0.3, 0.4) is 0 Å². The summed E-state index contributed by atoms with van der Waals surface area (Å²) < 4.78 is 69.6. The molecule has 2 fully saturated rings. The Labute approximate surface area is 211 Å². The minimum Gasteiger partial charge on any atom is -0.475 e. The van der Waals surface area contributed by atoms with Crippen molar-refractivity contribution in [1.29, 1.82) is 0 Å². The largest absolute Gasteiger partial charge is 0.490 e. The third-order valence-electron chi connectivity index (χ3n) is 5.49. The lowest BCUT2D eigenvalue weighted by Gasteiger charge is -2.39. The molecule has 1 aliphatic carbocycles. The number of halogens is 6. The smallest absolute Gasteiger partial charge is 0.475 e. The maximum Gasteiger partial charge on any atom is 0.490 e. The number of hydrogen-bond donors (Lipinski definition) is 3. The number of carboxylic acids is 2. The molecule has 2 aliphatic rings. The number of nitrogens with one attached hydrogen (secondary N) is 1. The summed E-state index contributed by atoms with van der Waals surface area (Å²) in [6, 6.07) is 9.01. The van der Waals surface area contributed by atoms with Crippen LogP contribution in [0.5, 0.6) is 0 Å². The Balaban J connectivity index is 0.000000286. The molecule has 0 radical (unpaired) electrons. The van der Waals surface area contributed by atoms with Crippen LogP contribution in [0.1, 0.15) is 17.7 Å². The Morgan fingerprint density at radius 2 is 1.73 bits per heavy atom. The van der Waals surface area contributed by atoms with Crippen LogP contribution < -0.4 is 5.32 Å². The van der Waals surface area contributed by atoms with Crippen LogP contribution in [-0.4, -0.2) is 76.2 Å². The number of aliphatic carboxylic acids is 2. The summed E-state index contributed by atoms with van der Waals surface area (Å²) >= 11 is 1.86. The first-order chi connectivity index (χ1) is 17.3. The van der Waals surface area contributed by atoms with Gasteiger partial charge in [-0.05, 0) is 36.4 Å². The van der Waals surface area contributed by atoms with Crippen molar-refractivity contribution >= 4 is 29.0 Å². The second kappa shape index (κ2) is 13.6. The Kier molecular flexibility index (Phi) is 11.1. The summed E-state index contributed by atoms with van der Waals surface area (Å²) in [7, 11) is 0. The maximum atomic E-state index is 10.6. The van der Waals surface area contributed by atoms with Gasteiger partial charge in [-0.15, -0.1) is 11.3 Å². The van der Waals surface area contributed by atoms with Crippen LogP contribution >= 0.6 is 11.3 Å². The average molecular weight is 558 g/mol. The van der Waals surface area contributed by atoms with Crippen LogP contribution in [0.15, 0.2) is 42.0 Å². The zero-order valence-electron chi connectivity index (χ0n) is 19.2. The van der Waals surface area contributed by atoms with Crippen LogP contribution in [0, 0.1) is 5.92 Å². The number of aromatic nitrogens is 1. The third kappa shape index (κ3) is 10.2. The van der Waals surface area contributed by atoms with Gasteiger partial charge in [-0.2, -0.15) is 26.3 Å². The lowest BCUT2D eigenvalue weighted by molar-refractivity contribution is -0.193. The van der Waals surface area contributed by atoms with E-state index in [2.05, 4.69) is 38.8 Å². The highest BCUT2D eigenvalue weighted by molar-refractivity contribution is 7.09. The van der Waals surface area contributed by atoms with Crippen molar-refractivity contribution < 1.29 is 50.9 Å². The number of rotatable bonds is 5. The van der Waals surface area contributed by atoms with E-state index in [-0.39, 0.29) is 0 Å². The van der Waals surface area contributed by atoms with Gasteiger partial charge in [0.05, 0.1) is 18.4 Å². The van der Waals surface area contributed by atoms with E-state index in [9.17, 15) is 26.3 Å². The molecule has 3 atom stereocenters. The zero-order valence-corrected chi connectivity index (χ0v) is 20.0. The Morgan fingerprint density at radius 1 is 1.08 bits per heavy atom. The van der Waals surface area contributed by atoms with E-state index in [0.29, 0.717) is 18.1 Å². The number of fused-ring (bicyclic) bond motifs is 1. The number of nitrogens with zero attached hydrogens (tertiary/aromatic N) is 2. The minimum atomic E-state index is -5.08. The van der Waals surface area contributed by atoms with E-state index >= 15 is 0 Å². The number of pyridine rings is 1. The van der Waals surface area contributed by atoms with E-state index in [1.807, 2.05) is 29.8 Å². The van der Waals surface area contributed by atoms with Gasteiger partial charge in [0.25, 0.3) is 0 Å². The number of hydrogen-bond acceptors (Lipinski definition) is 7. The molecular weight excluding hydrogens is 532 g/mol. The van der Waals surface area contributed by atoms with Gasteiger partial charge in [-0.1, -0.05) is 6.07 Å². The molecule has 3 N–H and O–H groups in total. The summed E-state index contributed by atoms with van der Waals surface area (Å²) in [5, 5.41) is 19.9. The summed E-state index contributed by atoms with van der Waals surface area (Å²) in [6.07, 6.45) is -3.62. The quantitative estimate of drug-likeness (QED) is 0.461. The van der Waals surface area contributed by atoms with E-state index in [1.54, 1.807) is 0 Å². The average Bonchev–Trinajstić information content (AvgIpc) is 3.48. The molecule has 8 nitrogen and oxygen atoms in total. The van der Waals surface area contributed by atoms with E-state index in [0.717, 1.165) is 31.9 Å². The monoisotopic (exact) mass is 557 g/mol. The highest BCUT2D eigenvalue weighted by Gasteiger charge is 2.42. The summed E-state index contributed by atoms with van der Waals surface area (Å²) in [4.78, 5) is 26.0. The number of carboxylic acid groups (broad SMARTS) is 2. The van der Waals surface area contributed by atoms with Crippen molar-refractivity contribution in [1.82, 2.24) is 9.88 Å². The van der Waals surface area contributed by atoms with Gasteiger partial charge < -0.3 is 20.3 Å². The molecule has 15 heteroatoms. The van der Waals surface area contributed by atoms with Gasteiger partial charge in [0.1, 0.15) is 0 Å². The second-order valence-corrected chi connectivity index (χ2v) is 9.05.